The topological polar surface area (TPSA) is 66.4 Å². The molecular formula is C8H15NO3S. The van der Waals surface area contributed by atoms with E-state index in [-0.39, 0.29) is 6.04 Å². The van der Waals surface area contributed by atoms with Crippen molar-refractivity contribution in [2.45, 2.75) is 26.3 Å². The zero-order valence-corrected chi connectivity index (χ0v) is 8.69. The second-order valence-corrected chi connectivity index (χ2v) is 4.02. The highest BCUT2D eigenvalue weighted by atomic mass is 32.2. The Balaban J connectivity index is 3.59. The predicted molar refractivity (Wildman–Crippen MR) is 52.9 cm³/mol. The lowest BCUT2D eigenvalue weighted by atomic mass is 10.3. The number of carbonyl (C=O) groups excluding carboxylic acids is 1. The number of hydrogen-bond donors (Lipinski definition) is 2. The Morgan fingerprint density at radius 1 is 1.54 bits per heavy atom. The van der Waals surface area contributed by atoms with Gasteiger partial charge in [0.1, 0.15) is 6.42 Å². The predicted octanol–water partition coefficient (Wildman–Crippen LogP) is 0.719. The van der Waals surface area contributed by atoms with Crippen molar-refractivity contribution in [1.82, 2.24) is 5.32 Å². The van der Waals surface area contributed by atoms with E-state index >= 15 is 0 Å². The van der Waals surface area contributed by atoms with E-state index in [4.69, 9.17) is 5.11 Å². The fraction of sp³-hybridized carbons (Fsp3) is 0.750. The zero-order valence-electron chi connectivity index (χ0n) is 7.87. The van der Waals surface area contributed by atoms with Crippen LogP contribution in [0.2, 0.25) is 0 Å². The van der Waals surface area contributed by atoms with Gasteiger partial charge in [-0.05, 0) is 12.7 Å². The summed E-state index contributed by atoms with van der Waals surface area (Å²) < 4.78 is 0. The van der Waals surface area contributed by atoms with Crippen molar-refractivity contribution in [1.29, 1.82) is 0 Å². The van der Waals surface area contributed by atoms with E-state index in [1.165, 1.54) is 0 Å². The minimum atomic E-state index is -1.09. The summed E-state index contributed by atoms with van der Waals surface area (Å²) in [6.45, 7) is 3.90. The molecule has 0 bridgehead atoms. The maximum Gasteiger partial charge on any atom is 0.312 e. The second-order valence-electron chi connectivity index (χ2n) is 2.70. The van der Waals surface area contributed by atoms with Gasteiger partial charge >= 0.3 is 5.97 Å². The number of carboxylic acids is 1. The van der Waals surface area contributed by atoms with E-state index in [0.717, 1.165) is 11.5 Å². The van der Waals surface area contributed by atoms with E-state index in [2.05, 4.69) is 5.32 Å². The molecule has 76 valence electrons. The van der Waals surface area contributed by atoms with Crippen molar-refractivity contribution in [3.05, 3.63) is 0 Å². The largest absolute Gasteiger partial charge is 0.481 e. The maximum atomic E-state index is 10.9. The van der Waals surface area contributed by atoms with Gasteiger partial charge in [-0.15, -0.1) is 0 Å². The molecule has 0 aromatic rings. The van der Waals surface area contributed by atoms with Crippen LogP contribution >= 0.6 is 11.8 Å². The summed E-state index contributed by atoms with van der Waals surface area (Å²) in [5.41, 5.74) is 0. The molecule has 0 aliphatic rings. The fourth-order valence-electron chi connectivity index (χ4n) is 0.799. The van der Waals surface area contributed by atoms with Crippen LogP contribution in [-0.2, 0) is 9.59 Å². The van der Waals surface area contributed by atoms with Crippen LogP contribution in [-0.4, -0.2) is 34.5 Å². The van der Waals surface area contributed by atoms with Gasteiger partial charge in [0.15, 0.2) is 0 Å². The molecule has 0 aliphatic heterocycles. The molecule has 0 spiro atoms. The highest BCUT2D eigenvalue weighted by molar-refractivity contribution is 7.99. The molecule has 0 aromatic heterocycles. The average Bonchev–Trinajstić information content (AvgIpc) is 1.98. The number of amides is 1. The number of thioether (sulfide) groups is 1. The first-order valence-electron chi connectivity index (χ1n) is 4.15. The highest BCUT2D eigenvalue weighted by Gasteiger charge is 2.10. The Hall–Kier alpha value is -0.710. The minimum absolute atomic E-state index is 0.0387. The SMILES string of the molecule is CCSCC(C)NC(=O)CC(=O)O. The summed E-state index contributed by atoms with van der Waals surface area (Å²) in [6.07, 6.45) is -0.443. The van der Waals surface area contributed by atoms with Gasteiger partial charge in [-0.25, -0.2) is 0 Å². The van der Waals surface area contributed by atoms with Crippen LogP contribution in [0.15, 0.2) is 0 Å². The van der Waals surface area contributed by atoms with Crippen molar-refractivity contribution in [2.24, 2.45) is 0 Å². The lowest BCUT2D eigenvalue weighted by Crippen LogP contribution is -2.35. The number of carboxylic acid groups (broad SMARTS) is 1. The van der Waals surface area contributed by atoms with E-state index in [9.17, 15) is 9.59 Å². The molecule has 5 heteroatoms. The Morgan fingerprint density at radius 3 is 2.62 bits per heavy atom. The summed E-state index contributed by atoms with van der Waals surface area (Å²) in [5, 5.41) is 10.9. The van der Waals surface area contributed by atoms with E-state index in [0.29, 0.717) is 0 Å². The molecule has 0 saturated carbocycles. The molecule has 4 nitrogen and oxygen atoms in total. The van der Waals surface area contributed by atoms with Crippen LogP contribution in [0.25, 0.3) is 0 Å². The van der Waals surface area contributed by atoms with E-state index < -0.39 is 18.3 Å². The monoisotopic (exact) mass is 205 g/mol. The second kappa shape index (κ2) is 6.77. The van der Waals surface area contributed by atoms with Crippen molar-refractivity contribution in [3.63, 3.8) is 0 Å². The highest BCUT2D eigenvalue weighted by Crippen LogP contribution is 2.01. The number of hydrogen-bond acceptors (Lipinski definition) is 3. The molecule has 1 amide bonds. The summed E-state index contributed by atoms with van der Waals surface area (Å²) >= 11 is 1.71. The van der Waals surface area contributed by atoms with E-state index in [1.807, 2.05) is 13.8 Å². The Kier molecular flexibility index (Phi) is 6.40. The molecule has 0 radical (unpaired) electrons. The molecule has 0 rings (SSSR count). The summed E-state index contributed by atoms with van der Waals surface area (Å²) in [5.74, 6) is 0.311. The number of rotatable bonds is 6. The molecule has 2 N–H and O–H groups in total. The third-order valence-corrected chi connectivity index (χ3v) is 2.44. The molecule has 1 atom stereocenters. The molecular weight excluding hydrogens is 190 g/mol. The summed E-state index contributed by atoms with van der Waals surface area (Å²) in [4.78, 5) is 21.1. The first-order chi connectivity index (χ1) is 6.06. The van der Waals surface area contributed by atoms with Gasteiger partial charge in [0, 0.05) is 11.8 Å². The lowest BCUT2D eigenvalue weighted by Gasteiger charge is -2.11. The normalized spacial score (nSPS) is 12.2. The summed E-state index contributed by atoms with van der Waals surface area (Å²) in [7, 11) is 0. The number of nitrogens with one attached hydrogen (secondary N) is 1. The van der Waals surface area contributed by atoms with Crippen LogP contribution in [0.1, 0.15) is 20.3 Å². The lowest BCUT2D eigenvalue weighted by molar-refractivity contribution is -0.140. The third kappa shape index (κ3) is 7.64. The fourth-order valence-corrected chi connectivity index (χ4v) is 1.47. The molecule has 0 fully saturated rings. The Morgan fingerprint density at radius 2 is 2.15 bits per heavy atom. The molecule has 1 unspecified atom stereocenters. The summed E-state index contributed by atoms with van der Waals surface area (Å²) in [6, 6.07) is 0.0387. The molecule has 0 aromatic carbocycles. The Bertz CT molecular complexity index is 184. The van der Waals surface area contributed by atoms with Crippen molar-refractivity contribution in [3.8, 4) is 0 Å². The van der Waals surface area contributed by atoms with Gasteiger partial charge in [-0.2, -0.15) is 11.8 Å². The van der Waals surface area contributed by atoms with Gasteiger partial charge in [0.2, 0.25) is 5.91 Å². The van der Waals surface area contributed by atoms with Crippen LogP contribution in [0.5, 0.6) is 0 Å². The van der Waals surface area contributed by atoms with Gasteiger partial charge < -0.3 is 10.4 Å². The number of aliphatic carboxylic acids is 1. The third-order valence-electron chi connectivity index (χ3n) is 1.29. The van der Waals surface area contributed by atoms with Crippen molar-refractivity contribution >= 4 is 23.6 Å². The smallest absolute Gasteiger partial charge is 0.312 e. The standard InChI is InChI=1S/C8H15NO3S/c1-3-13-5-6(2)9-7(10)4-8(11)12/h6H,3-5H2,1-2H3,(H,9,10)(H,11,12). The molecule has 0 saturated heterocycles. The van der Waals surface area contributed by atoms with E-state index in [1.54, 1.807) is 11.8 Å². The van der Waals surface area contributed by atoms with Crippen molar-refractivity contribution in [2.75, 3.05) is 11.5 Å². The van der Waals surface area contributed by atoms with Crippen LogP contribution in [0, 0.1) is 0 Å². The molecule has 0 heterocycles. The van der Waals surface area contributed by atoms with Crippen LogP contribution in [0.4, 0.5) is 0 Å². The van der Waals surface area contributed by atoms with Gasteiger partial charge in [-0.1, -0.05) is 6.92 Å². The minimum Gasteiger partial charge on any atom is -0.481 e. The zero-order chi connectivity index (χ0) is 10.3. The molecule has 13 heavy (non-hydrogen) atoms. The molecule has 0 aliphatic carbocycles. The maximum absolute atomic E-state index is 10.9. The Labute approximate surface area is 82.1 Å². The van der Waals surface area contributed by atoms with Gasteiger partial charge in [0.25, 0.3) is 0 Å². The van der Waals surface area contributed by atoms with Gasteiger partial charge in [0.05, 0.1) is 0 Å². The first-order valence-corrected chi connectivity index (χ1v) is 5.30. The first kappa shape index (κ1) is 12.3. The van der Waals surface area contributed by atoms with Gasteiger partial charge in [-0.3, -0.25) is 9.59 Å². The number of carbonyl (C=O) groups is 2. The van der Waals surface area contributed by atoms with Crippen LogP contribution < -0.4 is 5.32 Å². The average molecular weight is 205 g/mol. The quantitative estimate of drug-likeness (QED) is 0.627. The van der Waals surface area contributed by atoms with Crippen LogP contribution in [0.3, 0.4) is 0 Å². The van der Waals surface area contributed by atoms with Crippen molar-refractivity contribution < 1.29 is 14.7 Å².